The molecular formula is C19H23FN4OS. The van der Waals surface area contributed by atoms with Crippen molar-refractivity contribution in [1.82, 2.24) is 19.7 Å². The lowest BCUT2D eigenvalue weighted by molar-refractivity contribution is -0.128. The number of nitrogens with zero attached hydrogens (tertiary/aromatic N) is 4. The minimum atomic E-state index is -0.279. The number of carbonyl (C=O) groups is 1. The second kappa shape index (κ2) is 8.03. The first-order chi connectivity index (χ1) is 12.5. The molecule has 3 rings (SSSR count). The van der Waals surface area contributed by atoms with Crippen LogP contribution >= 0.6 is 11.8 Å². The fraction of sp³-hybridized carbons (Fsp3) is 0.421. The summed E-state index contributed by atoms with van der Waals surface area (Å²) in [4.78, 5) is 14.3. The molecule has 138 valence electrons. The Balaban J connectivity index is 1.63. The maximum absolute atomic E-state index is 13.1. The summed E-state index contributed by atoms with van der Waals surface area (Å²) in [6, 6.07) is 6.11. The van der Waals surface area contributed by atoms with Crippen molar-refractivity contribution in [3.63, 3.8) is 0 Å². The first-order valence-electron chi connectivity index (χ1n) is 8.69. The average molecular weight is 374 g/mol. The molecule has 0 N–H and O–H groups in total. The molecule has 1 aromatic carbocycles. The molecule has 0 saturated heterocycles. The summed E-state index contributed by atoms with van der Waals surface area (Å²) in [5, 5.41) is 9.30. The summed E-state index contributed by atoms with van der Waals surface area (Å²) in [5.41, 5.74) is 0.901. The maximum Gasteiger partial charge on any atom is 0.233 e. The van der Waals surface area contributed by atoms with Crippen molar-refractivity contribution in [2.24, 2.45) is 0 Å². The Kier molecular flexibility index (Phi) is 5.76. The maximum atomic E-state index is 13.1. The highest BCUT2D eigenvalue weighted by Crippen LogP contribution is 2.40. The normalized spacial score (nSPS) is 14.9. The van der Waals surface area contributed by atoms with E-state index in [9.17, 15) is 9.18 Å². The molecule has 1 aromatic heterocycles. The predicted molar refractivity (Wildman–Crippen MR) is 101 cm³/mol. The number of amides is 1. The summed E-state index contributed by atoms with van der Waals surface area (Å²) in [6.07, 6.45) is 4.12. The van der Waals surface area contributed by atoms with Gasteiger partial charge in [-0.1, -0.05) is 30.0 Å². The van der Waals surface area contributed by atoms with Crippen LogP contribution in [0, 0.1) is 5.82 Å². The third-order valence-electron chi connectivity index (χ3n) is 4.65. The van der Waals surface area contributed by atoms with Crippen LogP contribution in [0.3, 0.4) is 0 Å². The quantitative estimate of drug-likeness (QED) is 0.521. The minimum Gasteiger partial charge on any atom is -0.338 e. The topological polar surface area (TPSA) is 51.0 Å². The van der Waals surface area contributed by atoms with Crippen LogP contribution in [0.25, 0.3) is 0 Å². The van der Waals surface area contributed by atoms with Gasteiger partial charge in [-0.05, 0) is 37.5 Å². The van der Waals surface area contributed by atoms with E-state index in [1.807, 2.05) is 17.6 Å². The number of halogens is 1. The zero-order valence-corrected chi connectivity index (χ0v) is 15.9. The zero-order valence-electron chi connectivity index (χ0n) is 15.1. The minimum absolute atomic E-state index is 0.00653. The van der Waals surface area contributed by atoms with Crippen LogP contribution < -0.4 is 0 Å². The molecule has 1 aliphatic carbocycles. The van der Waals surface area contributed by atoms with Crippen molar-refractivity contribution >= 4 is 17.7 Å². The van der Waals surface area contributed by atoms with Crippen molar-refractivity contribution in [1.29, 1.82) is 0 Å². The third-order valence-corrected chi connectivity index (χ3v) is 5.60. The van der Waals surface area contributed by atoms with E-state index in [2.05, 4.69) is 16.8 Å². The zero-order chi connectivity index (χ0) is 18.7. The molecule has 1 unspecified atom stereocenters. The molecular weight excluding hydrogens is 351 g/mol. The van der Waals surface area contributed by atoms with E-state index in [1.54, 1.807) is 24.1 Å². The SMILES string of the molecule is C=CCn1c(SCC(=O)N(C)C(C)c2ccc(F)cc2)nnc1C1CC1. The lowest BCUT2D eigenvalue weighted by Gasteiger charge is -2.25. The van der Waals surface area contributed by atoms with Gasteiger partial charge in [-0.25, -0.2) is 4.39 Å². The van der Waals surface area contributed by atoms with E-state index in [1.165, 1.54) is 23.9 Å². The number of carbonyl (C=O) groups excluding carboxylic acids is 1. The van der Waals surface area contributed by atoms with Crippen LogP contribution in [0.2, 0.25) is 0 Å². The fourth-order valence-electron chi connectivity index (χ4n) is 2.76. The Hall–Kier alpha value is -2.15. The Morgan fingerprint density at radius 3 is 2.73 bits per heavy atom. The molecule has 26 heavy (non-hydrogen) atoms. The molecule has 0 aliphatic heterocycles. The summed E-state index contributed by atoms with van der Waals surface area (Å²) >= 11 is 1.39. The third kappa shape index (κ3) is 4.15. The largest absolute Gasteiger partial charge is 0.338 e. The van der Waals surface area contributed by atoms with Gasteiger partial charge in [-0.15, -0.1) is 16.8 Å². The Bertz CT molecular complexity index is 785. The Morgan fingerprint density at radius 1 is 1.42 bits per heavy atom. The van der Waals surface area contributed by atoms with E-state index in [4.69, 9.17) is 0 Å². The lowest BCUT2D eigenvalue weighted by Crippen LogP contribution is -2.31. The standard InChI is InChI=1S/C19H23FN4OS/c1-4-11-24-18(15-5-6-15)21-22-19(24)26-12-17(25)23(3)13(2)14-7-9-16(20)10-8-14/h4,7-10,13,15H,1,5-6,11-12H2,2-3H3. The molecule has 1 amide bonds. The van der Waals surface area contributed by atoms with Gasteiger partial charge in [0.25, 0.3) is 0 Å². The number of benzene rings is 1. The lowest BCUT2D eigenvalue weighted by atomic mass is 10.1. The summed E-state index contributed by atoms with van der Waals surface area (Å²) in [7, 11) is 1.76. The van der Waals surface area contributed by atoms with Crippen LogP contribution in [0.5, 0.6) is 0 Å². The number of allylic oxidation sites excluding steroid dienone is 1. The van der Waals surface area contributed by atoms with Crippen LogP contribution in [0.15, 0.2) is 42.1 Å². The van der Waals surface area contributed by atoms with Gasteiger partial charge in [-0.3, -0.25) is 4.79 Å². The molecule has 0 spiro atoms. The number of rotatable bonds is 8. The predicted octanol–water partition coefficient (Wildman–Crippen LogP) is 3.79. The number of hydrogen-bond acceptors (Lipinski definition) is 4. The van der Waals surface area contributed by atoms with Crippen LogP contribution in [0.4, 0.5) is 4.39 Å². The van der Waals surface area contributed by atoms with Gasteiger partial charge in [0.1, 0.15) is 11.6 Å². The second-order valence-corrected chi connectivity index (χ2v) is 7.48. The molecule has 2 aromatic rings. The highest BCUT2D eigenvalue weighted by atomic mass is 32.2. The van der Waals surface area contributed by atoms with E-state index in [0.29, 0.717) is 12.5 Å². The van der Waals surface area contributed by atoms with Crippen LogP contribution in [-0.4, -0.2) is 38.4 Å². The summed E-state index contributed by atoms with van der Waals surface area (Å²) < 4.78 is 15.1. The van der Waals surface area contributed by atoms with Crippen molar-refractivity contribution in [3.8, 4) is 0 Å². The molecule has 7 heteroatoms. The first-order valence-corrected chi connectivity index (χ1v) is 9.67. The van der Waals surface area contributed by atoms with Crippen LogP contribution in [0.1, 0.15) is 43.1 Å². The van der Waals surface area contributed by atoms with Gasteiger partial charge >= 0.3 is 0 Å². The highest BCUT2D eigenvalue weighted by molar-refractivity contribution is 7.99. The molecule has 1 saturated carbocycles. The van der Waals surface area contributed by atoms with E-state index in [-0.39, 0.29) is 23.5 Å². The van der Waals surface area contributed by atoms with Crippen molar-refractivity contribution in [2.45, 2.75) is 43.4 Å². The molecule has 0 radical (unpaired) electrons. The molecule has 1 atom stereocenters. The van der Waals surface area contributed by atoms with Gasteiger partial charge in [-0.2, -0.15) is 0 Å². The fourth-order valence-corrected chi connectivity index (χ4v) is 3.64. The molecule has 1 heterocycles. The molecule has 5 nitrogen and oxygen atoms in total. The summed E-state index contributed by atoms with van der Waals surface area (Å²) in [5.74, 6) is 1.48. The number of hydrogen-bond donors (Lipinski definition) is 0. The average Bonchev–Trinajstić information content (AvgIpc) is 3.41. The molecule has 1 aliphatic rings. The smallest absolute Gasteiger partial charge is 0.233 e. The first kappa shape index (κ1) is 18.6. The van der Waals surface area contributed by atoms with Crippen molar-refractivity contribution in [2.75, 3.05) is 12.8 Å². The van der Waals surface area contributed by atoms with Gasteiger partial charge in [0.2, 0.25) is 5.91 Å². The van der Waals surface area contributed by atoms with E-state index < -0.39 is 0 Å². The van der Waals surface area contributed by atoms with Gasteiger partial charge in [0.15, 0.2) is 5.16 Å². The van der Waals surface area contributed by atoms with Crippen molar-refractivity contribution in [3.05, 3.63) is 54.1 Å². The van der Waals surface area contributed by atoms with Gasteiger partial charge < -0.3 is 9.47 Å². The number of thioether (sulfide) groups is 1. The van der Waals surface area contributed by atoms with E-state index >= 15 is 0 Å². The summed E-state index contributed by atoms with van der Waals surface area (Å²) in [6.45, 7) is 6.38. The van der Waals surface area contributed by atoms with Crippen LogP contribution in [-0.2, 0) is 11.3 Å². The van der Waals surface area contributed by atoms with Gasteiger partial charge in [0.05, 0.1) is 11.8 Å². The number of aromatic nitrogens is 3. The highest BCUT2D eigenvalue weighted by Gasteiger charge is 2.30. The molecule has 1 fully saturated rings. The Labute approximate surface area is 157 Å². The van der Waals surface area contributed by atoms with E-state index in [0.717, 1.165) is 29.4 Å². The monoisotopic (exact) mass is 374 g/mol. The van der Waals surface area contributed by atoms with Crippen molar-refractivity contribution < 1.29 is 9.18 Å². The second-order valence-electron chi connectivity index (χ2n) is 6.54. The van der Waals surface area contributed by atoms with Gasteiger partial charge in [0, 0.05) is 19.5 Å². The molecule has 0 bridgehead atoms. The Morgan fingerprint density at radius 2 is 2.12 bits per heavy atom.